The molecule has 0 aliphatic carbocycles. The Hall–Kier alpha value is -3.04. The maximum Gasteiger partial charge on any atom is 0.437 e. The molecule has 4 aromatic rings. The van der Waals surface area contributed by atoms with E-state index >= 15 is 0 Å². The summed E-state index contributed by atoms with van der Waals surface area (Å²) < 4.78 is 46.1. The fraction of sp³-hybridized carbons (Fsp3) is 0.0556. The van der Waals surface area contributed by atoms with E-state index in [0.29, 0.717) is 10.9 Å². The van der Waals surface area contributed by atoms with E-state index in [1.807, 2.05) is 0 Å². The van der Waals surface area contributed by atoms with Crippen molar-refractivity contribution in [3.63, 3.8) is 0 Å². The van der Waals surface area contributed by atoms with Gasteiger partial charge in [-0.2, -0.15) is 18.3 Å². The molecule has 2 heterocycles. The molecular formula is C18H9Cl2F3N4O2. The summed E-state index contributed by atoms with van der Waals surface area (Å²) in [5.41, 5.74) is -1.96. The first-order valence-corrected chi connectivity index (χ1v) is 8.77. The molecule has 11 heteroatoms. The van der Waals surface area contributed by atoms with Crippen molar-refractivity contribution in [2.75, 3.05) is 0 Å². The van der Waals surface area contributed by atoms with Crippen LogP contribution in [0.25, 0.3) is 22.4 Å². The van der Waals surface area contributed by atoms with Crippen molar-refractivity contribution in [3.05, 3.63) is 68.6 Å². The van der Waals surface area contributed by atoms with Crippen LogP contribution in [0.5, 0.6) is 11.5 Å². The summed E-state index contributed by atoms with van der Waals surface area (Å²) in [5, 5.41) is 7.39. The minimum absolute atomic E-state index is 0.0572. The Morgan fingerprint density at radius 1 is 1.03 bits per heavy atom. The average Bonchev–Trinajstić information content (AvgIpc) is 3.09. The number of alkyl halides is 3. The van der Waals surface area contributed by atoms with Crippen LogP contribution >= 0.6 is 23.2 Å². The molecule has 2 aromatic heterocycles. The van der Waals surface area contributed by atoms with E-state index in [9.17, 15) is 18.0 Å². The summed E-state index contributed by atoms with van der Waals surface area (Å²) >= 11 is 11.6. The molecule has 0 amide bonds. The molecule has 0 atom stereocenters. The van der Waals surface area contributed by atoms with Gasteiger partial charge in [-0.3, -0.25) is 9.89 Å². The Kier molecular flexibility index (Phi) is 4.71. The van der Waals surface area contributed by atoms with Gasteiger partial charge in [0.15, 0.2) is 11.5 Å². The van der Waals surface area contributed by atoms with E-state index < -0.39 is 23.2 Å². The zero-order chi connectivity index (χ0) is 20.8. The number of fused-ring (bicyclic) bond motifs is 1. The zero-order valence-corrected chi connectivity index (χ0v) is 15.7. The van der Waals surface area contributed by atoms with Crippen molar-refractivity contribution >= 4 is 34.1 Å². The Morgan fingerprint density at radius 2 is 1.79 bits per heavy atom. The number of hydrogen-bond acceptors (Lipinski definition) is 4. The molecule has 2 N–H and O–H groups in total. The fourth-order valence-corrected chi connectivity index (χ4v) is 2.95. The number of nitrogens with one attached hydrogen (secondary N) is 2. The highest BCUT2D eigenvalue weighted by Crippen LogP contribution is 2.37. The lowest BCUT2D eigenvalue weighted by Crippen LogP contribution is -2.20. The second-order valence-electron chi connectivity index (χ2n) is 5.89. The van der Waals surface area contributed by atoms with Crippen LogP contribution in [0.4, 0.5) is 13.2 Å². The molecule has 0 aliphatic rings. The molecule has 0 spiro atoms. The summed E-state index contributed by atoms with van der Waals surface area (Å²) in [7, 11) is 0. The molecule has 0 saturated carbocycles. The monoisotopic (exact) mass is 440 g/mol. The molecular weight excluding hydrogens is 432 g/mol. The number of aromatic amines is 2. The normalized spacial score (nSPS) is 11.8. The molecule has 4 rings (SSSR count). The van der Waals surface area contributed by atoms with Crippen LogP contribution in [0.1, 0.15) is 5.69 Å². The van der Waals surface area contributed by atoms with E-state index in [1.165, 1.54) is 18.2 Å². The quantitative estimate of drug-likeness (QED) is 0.444. The van der Waals surface area contributed by atoms with Crippen molar-refractivity contribution in [3.8, 4) is 23.0 Å². The van der Waals surface area contributed by atoms with Crippen molar-refractivity contribution in [2.24, 2.45) is 0 Å². The van der Waals surface area contributed by atoms with Crippen LogP contribution in [0.3, 0.4) is 0 Å². The first kappa shape index (κ1) is 19.3. The Balaban J connectivity index is 1.87. The SMILES string of the molecule is O=c1[nH]c(-c2n[nH]c3ccccc23)nc(C(F)(F)F)c1Oc1ccc(Cl)c(Cl)c1. The molecule has 6 nitrogen and oxygen atoms in total. The number of aromatic nitrogens is 4. The van der Waals surface area contributed by atoms with Gasteiger partial charge < -0.3 is 9.72 Å². The third-order valence-corrected chi connectivity index (χ3v) is 4.69. The standard InChI is InChI=1S/C18H9Cl2F3N4O2/c19-10-6-5-8(7-11(10)20)29-14-15(18(21,22)23)24-16(25-17(14)28)13-9-3-1-2-4-12(9)26-27-13/h1-7H,(H,26,27)(H,24,25,28). The topological polar surface area (TPSA) is 83.7 Å². The number of benzene rings is 2. The van der Waals surface area contributed by atoms with Gasteiger partial charge in [0.25, 0.3) is 5.56 Å². The number of H-pyrrole nitrogens is 2. The van der Waals surface area contributed by atoms with Crippen LogP contribution in [-0.4, -0.2) is 20.2 Å². The van der Waals surface area contributed by atoms with Gasteiger partial charge in [-0.05, 0) is 18.2 Å². The van der Waals surface area contributed by atoms with Crippen LogP contribution in [0.15, 0.2) is 47.3 Å². The number of halogens is 5. The molecule has 0 bridgehead atoms. The van der Waals surface area contributed by atoms with Gasteiger partial charge in [-0.15, -0.1) is 0 Å². The lowest BCUT2D eigenvalue weighted by molar-refractivity contribution is -0.142. The van der Waals surface area contributed by atoms with Gasteiger partial charge in [0.1, 0.15) is 11.4 Å². The first-order chi connectivity index (χ1) is 13.7. The molecule has 0 radical (unpaired) electrons. The van der Waals surface area contributed by atoms with Gasteiger partial charge in [0.05, 0.1) is 15.6 Å². The molecule has 0 unspecified atom stereocenters. The Labute approximate surface area is 170 Å². The molecule has 0 fully saturated rings. The second-order valence-corrected chi connectivity index (χ2v) is 6.70. The average molecular weight is 441 g/mol. The van der Waals surface area contributed by atoms with Gasteiger partial charge in [-0.1, -0.05) is 41.4 Å². The maximum absolute atomic E-state index is 13.6. The summed E-state index contributed by atoms with van der Waals surface area (Å²) in [4.78, 5) is 18.4. The largest absolute Gasteiger partial charge is 0.449 e. The highest BCUT2D eigenvalue weighted by molar-refractivity contribution is 6.42. The van der Waals surface area contributed by atoms with Gasteiger partial charge in [0, 0.05) is 11.5 Å². The van der Waals surface area contributed by atoms with E-state index in [1.54, 1.807) is 24.3 Å². The number of para-hydroxylation sites is 1. The Bertz CT molecular complexity index is 1280. The van der Waals surface area contributed by atoms with Crippen LogP contribution in [-0.2, 0) is 6.18 Å². The molecule has 148 valence electrons. The second kappa shape index (κ2) is 7.09. The lowest BCUT2D eigenvalue weighted by Gasteiger charge is -2.13. The number of rotatable bonds is 3. The highest BCUT2D eigenvalue weighted by atomic mass is 35.5. The maximum atomic E-state index is 13.6. The summed E-state index contributed by atoms with van der Waals surface area (Å²) in [5.74, 6) is -1.46. The summed E-state index contributed by atoms with van der Waals surface area (Å²) in [6, 6.07) is 10.6. The van der Waals surface area contributed by atoms with Crippen LogP contribution < -0.4 is 10.3 Å². The number of hydrogen-bond donors (Lipinski definition) is 2. The van der Waals surface area contributed by atoms with Gasteiger partial charge in [-0.25, -0.2) is 4.98 Å². The van der Waals surface area contributed by atoms with E-state index in [4.69, 9.17) is 27.9 Å². The molecule has 0 saturated heterocycles. The smallest absolute Gasteiger partial charge is 0.437 e. The van der Waals surface area contributed by atoms with E-state index in [-0.39, 0.29) is 27.3 Å². The molecule has 29 heavy (non-hydrogen) atoms. The summed E-state index contributed by atoms with van der Waals surface area (Å²) in [6.07, 6.45) is -4.96. The van der Waals surface area contributed by atoms with E-state index in [0.717, 1.165) is 0 Å². The number of ether oxygens (including phenoxy) is 1. The lowest BCUT2D eigenvalue weighted by atomic mass is 10.2. The highest BCUT2D eigenvalue weighted by Gasteiger charge is 2.39. The minimum Gasteiger partial charge on any atom is -0.449 e. The number of nitrogens with zero attached hydrogens (tertiary/aromatic N) is 2. The minimum atomic E-state index is -4.96. The van der Waals surface area contributed by atoms with Crippen molar-refractivity contribution in [1.82, 2.24) is 20.2 Å². The molecule has 0 aliphatic heterocycles. The zero-order valence-electron chi connectivity index (χ0n) is 14.1. The third kappa shape index (κ3) is 3.66. The fourth-order valence-electron chi connectivity index (χ4n) is 2.66. The van der Waals surface area contributed by atoms with Crippen molar-refractivity contribution < 1.29 is 17.9 Å². The van der Waals surface area contributed by atoms with Crippen molar-refractivity contribution in [1.29, 1.82) is 0 Å². The van der Waals surface area contributed by atoms with Crippen LogP contribution in [0, 0.1) is 0 Å². The Morgan fingerprint density at radius 3 is 2.52 bits per heavy atom. The predicted octanol–water partition coefficient (Wildman–Crippen LogP) is 5.43. The first-order valence-electron chi connectivity index (χ1n) is 8.02. The predicted molar refractivity (Wildman–Crippen MR) is 101 cm³/mol. The third-order valence-electron chi connectivity index (χ3n) is 3.95. The van der Waals surface area contributed by atoms with Gasteiger partial charge in [0.2, 0.25) is 5.75 Å². The molecule has 2 aromatic carbocycles. The van der Waals surface area contributed by atoms with Crippen molar-refractivity contribution in [2.45, 2.75) is 6.18 Å². The van der Waals surface area contributed by atoms with E-state index in [2.05, 4.69) is 20.2 Å². The van der Waals surface area contributed by atoms with Crippen LogP contribution in [0.2, 0.25) is 10.0 Å². The van der Waals surface area contributed by atoms with Gasteiger partial charge >= 0.3 is 6.18 Å². The summed E-state index contributed by atoms with van der Waals surface area (Å²) in [6.45, 7) is 0.